The van der Waals surface area contributed by atoms with Gasteiger partial charge in [-0.3, -0.25) is 14.4 Å². The molecule has 0 radical (unpaired) electrons. The summed E-state index contributed by atoms with van der Waals surface area (Å²) in [4.78, 5) is 39.4. The van der Waals surface area contributed by atoms with Crippen LogP contribution in [0.5, 0.6) is 0 Å². The van der Waals surface area contributed by atoms with Crippen LogP contribution < -0.4 is 10.6 Å². The number of methoxy groups -OCH3 is 1. The first-order valence-electron chi connectivity index (χ1n) is 10.8. The highest BCUT2D eigenvalue weighted by atomic mass is 32.1. The molecular formula is C25H26N2O4S. The number of rotatable bonds is 7. The Hall–Kier alpha value is -3.19. The van der Waals surface area contributed by atoms with E-state index in [9.17, 15) is 14.4 Å². The van der Waals surface area contributed by atoms with E-state index in [0.29, 0.717) is 29.0 Å². The van der Waals surface area contributed by atoms with E-state index in [4.69, 9.17) is 4.74 Å². The van der Waals surface area contributed by atoms with Crippen LogP contribution >= 0.6 is 11.3 Å². The summed E-state index contributed by atoms with van der Waals surface area (Å²) in [5.41, 5.74) is 0.0574. The van der Waals surface area contributed by atoms with Gasteiger partial charge in [-0.15, -0.1) is 11.3 Å². The highest BCUT2D eigenvalue weighted by molar-refractivity contribution is 7.13. The van der Waals surface area contributed by atoms with Gasteiger partial charge in [-0.2, -0.15) is 0 Å². The number of benzene rings is 2. The fraction of sp³-hybridized carbons (Fsp3) is 0.320. The van der Waals surface area contributed by atoms with E-state index in [0.717, 1.165) is 30.0 Å². The van der Waals surface area contributed by atoms with Crippen molar-refractivity contribution in [3.05, 3.63) is 64.4 Å². The summed E-state index contributed by atoms with van der Waals surface area (Å²) in [5.74, 6) is -0.761. The summed E-state index contributed by atoms with van der Waals surface area (Å²) < 4.78 is 4.70. The molecule has 1 aliphatic carbocycles. The zero-order chi connectivity index (χ0) is 22.6. The molecule has 1 fully saturated rings. The summed E-state index contributed by atoms with van der Waals surface area (Å²) in [7, 11) is 1.32. The Balaban J connectivity index is 1.64. The lowest BCUT2D eigenvalue weighted by molar-refractivity contribution is -0.138. The molecule has 1 heterocycles. The van der Waals surface area contributed by atoms with Crippen molar-refractivity contribution in [2.75, 3.05) is 19.0 Å². The zero-order valence-corrected chi connectivity index (χ0v) is 18.8. The van der Waals surface area contributed by atoms with Crippen LogP contribution in [-0.2, 0) is 9.53 Å². The number of nitrogens with one attached hydrogen (secondary N) is 2. The molecule has 6 nitrogen and oxygen atoms in total. The Morgan fingerprint density at radius 1 is 1.00 bits per heavy atom. The normalized spacial score (nSPS) is 15.2. The third kappa shape index (κ3) is 4.39. The van der Waals surface area contributed by atoms with Crippen LogP contribution in [0.4, 0.5) is 5.69 Å². The molecular weight excluding hydrogens is 424 g/mol. The van der Waals surface area contributed by atoms with Gasteiger partial charge in [-0.25, -0.2) is 0 Å². The van der Waals surface area contributed by atoms with Gasteiger partial charge in [0.15, 0.2) is 5.78 Å². The molecule has 0 atom stereocenters. The van der Waals surface area contributed by atoms with Crippen LogP contribution in [0.2, 0.25) is 0 Å². The van der Waals surface area contributed by atoms with Gasteiger partial charge in [-0.05, 0) is 35.7 Å². The summed E-state index contributed by atoms with van der Waals surface area (Å²) in [6, 6.07) is 14.9. The average molecular weight is 451 g/mol. The molecule has 32 heavy (non-hydrogen) atoms. The average Bonchev–Trinajstić information content (AvgIpc) is 3.27. The third-order valence-corrected chi connectivity index (χ3v) is 7.05. The lowest BCUT2D eigenvalue weighted by atomic mass is 9.76. The van der Waals surface area contributed by atoms with Crippen molar-refractivity contribution in [2.24, 2.45) is 0 Å². The standard InChI is InChI=1S/C25H26N2O4S/c1-31-21(28)15-26-20-12-6-5-11-19(20)23(29)25(13-7-2-8-14-25)27-24(30)22-18-10-4-3-9-17(18)16-32-22/h3-6,9-12,16,26H,2,7-8,13-15H2,1H3,(H,27,30). The number of amides is 1. The van der Waals surface area contributed by atoms with E-state index in [2.05, 4.69) is 10.6 Å². The molecule has 2 aromatic carbocycles. The quantitative estimate of drug-likeness (QED) is 0.399. The van der Waals surface area contributed by atoms with Gasteiger partial charge in [0.25, 0.3) is 5.91 Å². The summed E-state index contributed by atoms with van der Waals surface area (Å²) >= 11 is 1.40. The maximum Gasteiger partial charge on any atom is 0.325 e. The Morgan fingerprint density at radius 3 is 2.50 bits per heavy atom. The van der Waals surface area contributed by atoms with Crippen molar-refractivity contribution in [3.8, 4) is 0 Å². The van der Waals surface area contributed by atoms with Gasteiger partial charge < -0.3 is 15.4 Å². The van der Waals surface area contributed by atoms with Gasteiger partial charge >= 0.3 is 5.97 Å². The number of ether oxygens (including phenoxy) is 1. The number of hydrogen-bond acceptors (Lipinski definition) is 6. The van der Waals surface area contributed by atoms with E-state index >= 15 is 0 Å². The Bertz CT molecular complexity index is 1150. The van der Waals surface area contributed by atoms with Gasteiger partial charge in [0.1, 0.15) is 12.1 Å². The molecule has 0 bridgehead atoms. The fourth-order valence-corrected chi connectivity index (χ4v) is 5.26. The van der Waals surface area contributed by atoms with Crippen LogP contribution in [0.25, 0.3) is 10.8 Å². The van der Waals surface area contributed by atoms with Crippen LogP contribution in [0.3, 0.4) is 0 Å². The van der Waals surface area contributed by atoms with Gasteiger partial charge in [0, 0.05) is 16.6 Å². The number of hydrogen-bond donors (Lipinski definition) is 2. The number of thiophene rings is 1. The molecule has 0 unspecified atom stereocenters. The van der Waals surface area contributed by atoms with Crippen molar-refractivity contribution >= 4 is 45.5 Å². The fourth-order valence-electron chi connectivity index (χ4n) is 4.34. The van der Waals surface area contributed by atoms with Crippen molar-refractivity contribution < 1.29 is 19.1 Å². The molecule has 1 amide bonds. The molecule has 3 aromatic rings. The van der Waals surface area contributed by atoms with Crippen molar-refractivity contribution in [2.45, 2.75) is 37.6 Å². The van der Waals surface area contributed by atoms with E-state index in [1.54, 1.807) is 24.3 Å². The summed E-state index contributed by atoms with van der Waals surface area (Å²) in [6.45, 7) is -0.0403. The predicted molar refractivity (Wildman–Crippen MR) is 126 cm³/mol. The topological polar surface area (TPSA) is 84.5 Å². The number of Topliss-reactive ketones (excluding diaryl/α,β-unsaturated/α-hetero) is 1. The molecule has 0 spiro atoms. The maximum absolute atomic E-state index is 13.9. The third-order valence-electron chi connectivity index (χ3n) is 6.03. The highest BCUT2D eigenvalue weighted by Crippen LogP contribution is 2.35. The number of anilines is 1. The van der Waals surface area contributed by atoms with Crippen molar-refractivity contribution in [1.82, 2.24) is 5.32 Å². The smallest absolute Gasteiger partial charge is 0.325 e. The van der Waals surface area contributed by atoms with Crippen LogP contribution in [-0.4, -0.2) is 36.9 Å². The monoisotopic (exact) mass is 450 g/mol. The predicted octanol–water partition coefficient (Wildman–Crippen LogP) is 4.80. The zero-order valence-electron chi connectivity index (χ0n) is 18.0. The number of fused-ring (bicyclic) bond motifs is 1. The number of carbonyl (C=O) groups excluding carboxylic acids is 3. The van der Waals surface area contributed by atoms with Crippen LogP contribution in [0, 0.1) is 0 Å². The van der Waals surface area contributed by atoms with E-state index in [-0.39, 0.29) is 18.2 Å². The first-order valence-corrected chi connectivity index (χ1v) is 11.7. The van der Waals surface area contributed by atoms with Gasteiger partial charge in [-0.1, -0.05) is 55.7 Å². The minimum Gasteiger partial charge on any atom is -0.468 e. The van der Waals surface area contributed by atoms with E-state index < -0.39 is 11.5 Å². The minimum atomic E-state index is -0.969. The highest BCUT2D eigenvalue weighted by Gasteiger charge is 2.42. The van der Waals surface area contributed by atoms with Crippen LogP contribution in [0.15, 0.2) is 53.9 Å². The Morgan fingerprint density at radius 2 is 1.72 bits per heavy atom. The molecule has 2 N–H and O–H groups in total. The number of para-hydroxylation sites is 1. The molecule has 7 heteroatoms. The van der Waals surface area contributed by atoms with Crippen molar-refractivity contribution in [1.29, 1.82) is 0 Å². The molecule has 166 valence electrons. The Labute approximate surface area is 191 Å². The molecule has 1 aromatic heterocycles. The van der Waals surface area contributed by atoms with Crippen LogP contribution in [0.1, 0.15) is 52.1 Å². The summed E-state index contributed by atoms with van der Waals surface area (Å²) in [5, 5.41) is 10.0. The van der Waals surface area contributed by atoms with Crippen molar-refractivity contribution in [3.63, 3.8) is 0 Å². The lowest BCUT2D eigenvalue weighted by Crippen LogP contribution is -2.55. The largest absolute Gasteiger partial charge is 0.468 e. The second-order valence-corrected chi connectivity index (χ2v) is 8.93. The molecule has 0 saturated heterocycles. The second-order valence-electron chi connectivity index (χ2n) is 8.05. The van der Waals surface area contributed by atoms with E-state index in [1.807, 2.05) is 29.6 Å². The number of esters is 1. The van der Waals surface area contributed by atoms with E-state index in [1.165, 1.54) is 18.4 Å². The SMILES string of the molecule is COC(=O)CNc1ccccc1C(=O)C1(NC(=O)c2scc3ccccc23)CCCCC1. The molecule has 4 rings (SSSR count). The number of carbonyl (C=O) groups is 3. The van der Waals surface area contributed by atoms with Gasteiger partial charge in [0.2, 0.25) is 0 Å². The second kappa shape index (κ2) is 9.53. The minimum absolute atomic E-state index is 0.0403. The molecule has 0 aliphatic heterocycles. The maximum atomic E-state index is 13.9. The molecule has 1 saturated carbocycles. The first kappa shape index (κ1) is 22.0. The van der Waals surface area contributed by atoms with Gasteiger partial charge in [0.05, 0.1) is 12.0 Å². The first-order chi connectivity index (χ1) is 15.5. The molecule has 1 aliphatic rings. The Kier molecular flexibility index (Phi) is 6.55. The lowest BCUT2D eigenvalue weighted by Gasteiger charge is -2.37. The summed E-state index contributed by atoms with van der Waals surface area (Å²) in [6.07, 6.45) is 3.96. The number of ketones is 1.